The van der Waals surface area contributed by atoms with E-state index in [4.69, 9.17) is 5.11 Å². The van der Waals surface area contributed by atoms with Gasteiger partial charge in [0.05, 0.1) is 6.61 Å². The van der Waals surface area contributed by atoms with E-state index in [0.29, 0.717) is 13.1 Å². The minimum absolute atomic E-state index is 0.111. The Morgan fingerprint density at radius 2 is 2.11 bits per heavy atom. The van der Waals surface area contributed by atoms with Gasteiger partial charge in [-0.3, -0.25) is 0 Å². The van der Waals surface area contributed by atoms with E-state index in [0.717, 1.165) is 30.6 Å². The van der Waals surface area contributed by atoms with Gasteiger partial charge in [-0.2, -0.15) is 0 Å². The van der Waals surface area contributed by atoms with Gasteiger partial charge in [0.1, 0.15) is 5.82 Å². The molecule has 0 spiro atoms. The molecule has 0 bridgehead atoms. The van der Waals surface area contributed by atoms with Gasteiger partial charge in [0, 0.05) is 25.3 Å². The summed E-state index contributed by atoms with van der Waals surface area (Å²) < 4.78 is 13.3. The van der Waals surface area contributed by atoms with Gasteiger partial charge in [0.15, 0.2) is 0 Å². The number of aliphatic hydroxyl groups is 1. The fourth-order valence-corrected chi connectivity index (χ4v) is 2.02. The van der Waals surface area contributed by atoms with Gasteiger partial charge in [0.25, 0.3) is 0 Å². The summed E-state index contributed by atoms with van der Waals surface area (Å²) in [7, 11) is 1.84. The molecule has 3 nitrogen and oxygen atoms in total. The minimum atomic E-state index is -0.219. The Kier molecular flexibility index (Phi) is 6.68. The molecular weight excluding hydrogens is 231 g/mol. The number of anilines is 1. The summed E-state index contributed by atoms with van der Waals surface area (Å²) >= 11 is 0. The summed E-state index contributed by atoms with van der Waals surface area (Å²) in [5.74, 6) is -0.219. The summed E-state index contributed by atoms with van der Waals surface area (Å²) in [5.41, 5.74) is 1.94. The van der Waals surface area contributed by atoms with Gasteiger partial charge < -0.3 is 15.3 Å². The van der Waals surface area contributed by atoms with Crippen molar-refractivity contribution >= 4 is 5.69 Å². The number of aliphatic hydroxyl groups excluding tert-OH is 1. The Bertz CT molecular complexity index is 358. The normalized spacial score (nSPS) is 10.7. The van der Waals surface area contributed by atoms with Crippen molar-refractivity contribution in [3.05, 3.63) is 29.6 Å². The quantitative estimate of drug-likeness (QED) is 0.746. The molecular formula is C14H23FN2O. The molecule has 18 heavy (non-hydrogen) atoms. The topological polar surface area (TPSA) is 35.5 Å². The van der Waals surface area contributed by atoms with Crippen molar-refractivity contribution in [1.29, 1.82) is 0 Å². The predicted octanol–water partition coefficient (Wildman–Crippen LogP) is 2.14. The molecule has 0 aliphatic rings. The first kappa shape index (κ1) is 14.9. The molecule has 0 unspecified atom stereocenters. The van der Waals surface area contributed by atoms with Crippen LogP contribution >= 0.6 is 0 Å². The maximum atomic E-state index is 13.3. The Morgan fingerprint density at radius 3 is 2.72 bits per heavy atom. The minimum Gasteiger partial charge on any atom is -0.395 e. The molecule has 1 aromatic carbocycles. The average Bonchev–Trinajstić information content (AvgIpc) is 2.36. The molecule has 0 radical (unpaired) electrons. The first-order valence-electron chi connectivity index (χ1n) is 6.51. The highest BCUT2D eigenvalue weighted by Gasteiger charge is 2.11. The first-order chi connectivity index (χ1) is 8.72. The van der Waals surface area contributed by atoms with E-state index in [1.165, 1.54) is 6.07 Å². The van der Waals surface area contributed by atoms with Crippen LogP contribution in [0.25, 0.3) is 0 Å². The lowest BCUT2D eigenvalue weighted by Gasteiger charge is -2.26. The lowest BCUT2D eigenvalue weighted by molar-refractivity contribution is 0.301. The third-order valence-electron chi connectivity index (χ3n) is 2.90. The predicted molar refractivity (Wildman–Crippen MR) is 73.4 cm³/mol. The van der Waals surface area contributed by atoms with Crippen molar-refractivity contribution in [2.45, 2.75) is 26.3 Å². The van der Waals surface area contributed by atoms with Crippen LogP contribution in [0.4, 0.5) is 10.1 Å². The molecule has 1 rings (SSSR count). The second-order valence-corrected chi connectivity index (χ2v) is 4.37. The van der Waals surface area contributed by atoms with Crippen LogP contribution in [0.2, 0.25) is 0 Å². The Morgan fingerprint density at radius 1 is 1.33 bits per heavy atom. The number of halogens is 1. The fourth-order valence-electron chi connectivity index (χ4n) is 2.02. The molecule has 0 saturated heterocycles. The number of unbranched alkanes of at least 4 members (excludes halogenated alkanes) is 1. The average molecular weight is 254 g/mol. The summed E-state index contributed by atoms with van der Waals surface area (Å²) in [6.45, 7) is 4.35. The smallest absolute Gasteiger partial charge is 0.123 e. The molecule has 0 amide bonds. The monoisotopic (exact) mass is 254 g/mol. The Balaban J connectivity index is 2.93. The molecule has 0 aliphatic carbocycles. The van der Waals surface area contributed by atoms with Crippen molar-refractivity contribution in [2.24, 2.45) is 0 Å². The van der Waals surface area contributed by atoms with Crippen molar-refractivity contribution < 1.29 is 9.50 Å². The largest absolute Gasteiger partial charge is 0.395 e. The van der Waals surface area contributed by atoms with Crippen molar-refractivity contribution in [2.75, 3.05) is 31.6 Å². The standard InChI is InChI=1S/C14H23FN2O/c1-3-4-7-17(8-9-18)14-6-5-13(15)10-12(14)11-16-2/h5-6,10,16,18H,3-4,7-9,11H2,1-2H3. The Hall–Kier alpha value is -1.13. The zero-order valence-electron chi connectivity index (χ0n) is 11.2. The van der Waals surface area contributed by atoms with Gasteiger partial charge in [-0.05, 0) is 37.2 Å². The molecule has 0 aromatic heterocycles. The summed E-state index contributed by atoms with van der Waals surface area (Å²) in [6.07, 6.45) is 2.17. The number of rotatable bonds is 8. The fraction of sp³-hybridized carbons (Fsp3) is 0.571. The lowest BCUT2D eigenvalue weighted by atomic mass is 10.1. The van der Waals surface area contributed by atoms with E-state index < -0.39 is 0 Å². The molecule has 0 atom stereocenters. The SMILES string of the molecule is CCCCN(CCO)c1ccc(F)cc1CNC. The number of nitrogens with one attached hydrogen (secondary N) is 1. The first-order valence-corrected chi connectivity index (χ1v) is 6.51. The van der Waals surface area contributed by atoms with Gasteiger partial charge in [-0.25, -0.2) is 4.39 Å². The molecule has 0 saturated carbocycles. The van der Waals surface area contributed by atoms with E-state index in [9.17, 15) is 4.39 Å². The van der Waals surface area contributed by atoms with Gasteiger partial charge in [-0.1, -0.05) is 13.3 Å². The summed E-state index contributed by atoms with van der Waals surface area (Å²) in [6, 6.07) is 4.83. The highest BCUT2D eigenvalue weighted by Crippen LogP contribution is 2.22. The lowest BCUT2D eigenvalue weighted by Crippen LogP contribution is -2.29. The number of hydrogen-bond donors (Lipinski definition) is 2. The van der Waals surface area contributed by atoms with Crippen LogP contribution in [0.3, 0.4) is 0 Å². The van der Waals surface area contributed by atoms with Crippen LogP contribution in [0.15, 0.2) is 18.2 Å². The number of benzene rings is 1. The van der Waals surface area contributed by atoms with Crippen LogP contribution in [0.5, 0.6) is 0 Å². The van der Waals surface area contributed by atoms with Crippen LogP contribution in [-0.4, -0.2) is 31.9 Å². The maximum Gasteiger partial charge on any atom is 0.123 e. The zero-order chi connectivity index (χ0) is 13.4. The number of hydrogen-bond acceptors (Lipinski definition) is 3. The molecule has 0 aliphatic heterocycles. The van der Waals surface area contributed by atoms with Gasteiger partial charge in [-0.15, -0.1) is 0 Å². The Labute approximate surface area is 109 Å². The van der Waals surface area contributed by atoms with Crippen molar-refractivity contribution in [1.82, 2.24) is 5.32 Å². The summed E-state index contributed by atoms with van der Waals surface area (Å²) in [4.78, 5) is 2.12. The third kappa shape index (κ3) is 4.27. The maximum absolute atomic E-state index is 13.3. The van der Waals surface area contributed by atoms with Crippen LogP contribution < -0.4 is 10.2 Å². The van der Waals surface area contributed by atoms with Gasteiger partial charge in [0.2, 0.25) is 0 Å². The van der Waals surface area contributed by atoms with Crippen molar-refractivity contribution in [3.63, 3.8) is 0 Å². The van der Waals surface area contributed by atoms with E-state index in [2.05, 4.69) is 17.1 Å². The highest BCUT2D eigenvalue weighted by molar-refractivity contribution is 5.54. The third-order valence-corrected chi connectivity index (χ3v) is 2.90. The van der Waals surface area contributed by atoms with Gasteiger partial charge >= 0.3 is 0 Å². The zero-order valence-corrected chi connectivity index (χ0v) is 11.2. The van der Waals surface area contributed by atoms with E-state index in [1.807, 2.05) is 7.05 Å². The van der Waals surface area contributed by atoms with E-state index in [-0.39, 0.29) is 12.4 Å². The second kappa shape index (κ2) is 8.06. The summed E-state index contributed by atoms with van der Waals surface area (Å²) in [5, 5.41) is 12.2. The molecule has 0 fully saturated rings. The molecule has 102 valence electrons. The molecule has 2 N–H and O–H groups in total. The highest BCUT2D eigenvalue weighted by atomic mass is 19.1. The van der Waals surface area contributed by atoms with E-state index >= 15 is 0 Å². The van der Waals surface area contributed by atoms with Crippen LogP contribution in [-0.2, 0) is 6.54 Å². The second-order valence-electron chi connectivity index (χ2n) is 4.37. The van der Waals surface area contributed by atoms with Crippen LogP contribution in [0.1, 0.15) is 25.3 Å². The van der Waals surface area contributed by atoms with Crippen LogP contribution in [0, 0.1) is 5.82 Å². The van der Waals surface area contributed by atoms with Crippen molar-refractivity contribution in [3.8, 4) is 0 Å². The molecule has 0 heterocycles. The molecule has 4 heteroatoms. The molecule has 1 aromatic rings. The van der Waals surface area contributed by atoms with E-state index in [1.54, 1.807) is 12.1 Å². The number of nitrogens with zero attached hydrogens (tertiary/aromatic N) is 1.